The Morgan fingerprint density at radius 2 is 0.772 bits per heavy atom. The lowest BCUT2D eigenvalue weighted by atomic mass is 9.97. The topological polar surface area (TPSA) is 198 Å². The summed E-state index contributed by atoms with van der Waals surface area (Å²) in [6.07, 6.45) is 6.17. The third-order valence-electron chi connectivity index (χ3n) is 21.9. The number of Topliss-reactive ketones (excluding diaryl/α,β-unsaturated/α-hetero) is 3. The van der Waals surface area contributed by atoms with Gasteiger partial charge in [0.05, 0.1) is 0 Å². The van der Waals surface area contributed by atoms with Crippen molar-refractivity contribution in [3.05, 3.63) is 342 Å². The Morgan fingerprint density at radius 3 is 1.09 bits per heavy atom. The molecule has 15 nitrogen and oxygen atoms in total. The lowest BCUT2D eigenvalue weighted by molar-refractivity contribution is 0.0974. The molecule has 1 N–H and O–H groups in total. The number of carbonyl (C=O) groups is 6. The Morgan fingerprint density at radius 1 is 0.441 bits per heavy atom. The second kappa shape index (κ2) is 47.8. The van der Waals surface area contributed by atoms with Crippen molar-refractivity contribution in [1.29, 1.82) is 0 Å². The minimum absolute atomic E-state index is 0.0155. The molecule has 12 aromatic carbocycles. The van der Waals surface area contributed by atoms with E-state index in [2.05, 4.69) is 76.3 Å². The van der Waals surface area contributed by atoms with Gasteiger partial charge < -0.3 is 28.5 Å². The Kier molecular flexibility index (Phi) is 36.4. The van der Waals surface area contributed by atoms with Crippen LogP contribution in [0.4, 0.5) is 0 Å². The number of hydrogen-bond acceptors (Lipinski definition) is 15. The molecule has 1 aliphatic heterocycles. The van der Waals surface area contributed by atoms with Crippen molar-refractivity contribution < 1.29 is 43.5 Å². The first-order valence-corrected chi connectivity index (χ1v) is 46.7. The van der Waals surface area contributed by atoms with Gasteiger partial charge in [-0.25, -0.2) is 0 Å². The van der Waals surface area contributed by atoms with Crippen LogP contribution in [0, 0.1) is 31.6 Å². The standard InChI is InChI=1S/C32H27ClN2O3S.C32H28ClNO2S.C26H24ClNO2.C6H5ClS.C5H11NO2.C4H8O/c1-3-35-29-14-8-21(31(36)25-7-5-4-6-20(25)2)18-26(29)27-19-22(9-15-30(27)35)32(37)28(34-38)16-17-39-24-12-10-23(33)11-13-24;1-3-34-29-16-10-22(31(35)9-6-18-37-25-14-12-24(33)13-15-25)19-27(29)28-20-23(11-17-30(28)34)32(36)26-8-5-4-7-21(26)2;1-3-28-23-12-10-18(25(29)9-6-14-27)15-21(23)22-16-19(11-13-24(22)28)26(30)20-8-5-4-7-17(20)2;7-5-1-3-6(8)4-2-5;1-5(2)3-4-8-6-7;1-2-4-5-3-1/h4-15,18-19,38H,3,16-17H2,1-2H3;4-5,7-8,10-17,19-20H,3,6,9,18H2,1-2H3;4-5,7-8,10-13,15-16H,3,6,9,14H2,1-2H3;1-4,8H;5H,3-4H2,1-2H3;1-4H2/b34-28+;;;;;. The van der Waals surface area contributed by atoms with E-state index >= 15 is 0 Å². The summed E-state index contributed by atoms with van der Waals surface area (Å²) < 4.78 is 11.6. The zero-order valence-corrected chi connectivity index (χ0v) is 78.0. The zero-order chi connectivity index (χ0) is 90.6. The van der Waals surface area contributed by atoms with Crippen LogP contribution in [0.5, 0.6) is 0 Å². The van der Waals surface area contributed by atoms with Gasteiger partial charge in [0.25, 0.3) is 0 Å². The second-order valence-electron chi connectivity index (χ2n) is 30.9. The lowest BCUT2D eigenvalue weighted by Crippen LogP contribution is -2.15. The van der Waals surface area contributed by atoms with E-state index in [-0.39, 0.29) is 40.4 Å². The number of ether oxygens (including phenoxy) is 1. The van der Waals surface area contributed by atoms with Gasteiger partial charge in [0.15, 0.2) is 34.3 Å². The molecule has 1 fully saturated rings. The fourth-order valence-electron chi connectivity index (χ4n) is 15.1. The number of hydrogen-bond donors (Lipinski definition) is 2. The van der Waals surface area contributed by atoms with Crippen LogP contribution >= 0.6 is 82.6 Å². The Balaban J connectivity index is 0.000000166. The molecule has 4 heterocycles. The number of ketones is 6. The minimum atomic E-state index is -0.319. The number of fused-ring (bicyclic) bond motifs is 9. The summed E-state index contributed by atoms with van der Waals surface area (Å²) in [4.78, 5) is 95.4. The van der Waals surface area contributed by atoms with Gasteiger partial charge in [0.2, 0.25) is 5.78 Å². The number of benzene rings is 12. The average Bonchev–Trinajstić information content (AvgIpc) is 1.60. The SMILES string of the molecule is C1CCOC1.CC(C)CCON=O.CCn1c2ccc(C(=O)/C(CCSc3ccc(Cl)cc3)=N/O)cc2c2cc(C(=O)c3ccccc3C)ccc21.CCn1c2ccc(C(=O)CCCCl)cc2c2cc(C(=O)c3ccccc3C)ccc21.CCn1c2ccc(C(=O)CCCSc3ccc(Cl)cc3)cc2c2cc(C(=O)c3ccccc3C)ccc21.Sc1ccc(Cl)cc1. The normalized spacial score (nSPS) is 11.7. The monoisotopic (exact) mass is 1830 g/mol. The lowest BCUT2D eigenvalue weighted by Gasteiger charge is -2.06. The van der Waals surface area contributed by atoms with Gasteiger partial charge in [-0.05, 0) is 284 Å². The zero-order valence-electron chi connectivity index (χ0n) is 72.5. The molecule has 3 aromatic heterocycles. The molecule has 15 aromatic rings. The van der Waals surface area contributed by atoms with Crippen molar-refractivity contribution in [3.8, 4) is 0 Å². The molecule has 0 spiro atoms. The van der Waals surface area contributed by atoms with Crippen LogP contribution in [0.15, 0.2) is 280 Å². The molecule has 22 heteroatoms. The summed E-state index contributed by atoms with van der Waals surface area (Å²) >= 11 is 30.6. The van der Waals surface area contributed by atoms with Crippen LogP contribution in [0.25, 0.3) is 65.4 Å². The maximum atomic E-state index is 13.3. The summed E-state index contributed by atoms with van der Waals surface area (Å²) in [6, 6.07) is 80.4. The van der Waals surface area contributed by atoms with E-state index < -0.39 is 0 Å². The predicted octanol–water partition coefficient (Wildman–Crippen LogP) is 28.7. The van der Waals surface area contributed by atoms with Crippen LogP contribution in [-0.4, -0.2) is 96.5 Å². The highest BCUT2D eigenvalue weighted by Crippen LogP contribution is 2.37. The van der Waals surface area contributed by atoms with E-state index in [0.717, 1.165) is 164 Å². The first-order chi connectivity index (χ1) is 61.5. The van der Waals surface area contributed by atoms with Crippen molar-refractivity contribution in [2.45, 2.75) is 141 Å². The van der Waals surface area contributed by atoms with Crippen LogP contribution < -0.4 is 0 Å². The van der Waals surface area contributed by atoms with Crippen LogP contribution in [0.3, 0.4) is 0 Å². The minimum Gasteiger partial charge on any atom is -0.411 e. The van der Waals surface area contributed by atoms with Crippen LogP contribution in [-0.2, 0) is 29.2 Å². The van der Waals surface area contributed by atoms with Gasteiger partial charge in [0, 0.05) is 209 Å². The molecule has 0 atom stereocenters. The molecule has 127 heavy (non-hydrogen) atoms. The first kappa shape index (κ1) is 96.7. The fourth-order valence-corrected chi connectivity index (χ4v) is 17.5. The van der Waals surface area contributed by atoms with Crippen molar-refractivity contribution >= 4 is 188 Å². The molecule has 0 bridgehead atoms. The van der Waals surface area contributed by atoms with Gasteiger partial charge in [-0.2, -0.15) is 0 Å². The number of alkyl halides is 1. The predicted molar refractivity (Wildman–Crippen MR) is 530 cm³/mol. The molecule has 0 unspecified atom stereocenters. The molecule has 0 radical (unpaired) electrons. The van der Waals surface area contributed by atoms with Gasteiger partial charge in [-0.3, -0.25) is 28.8 Å². The quantitative estimate of drug-likeness (QED) is 0.00518. The van der Waals surface area contributed by atoms with E-state index in [4.69, 9.17) is 51.1 Å². The molecule has 0 aliphatic carbocycles. The number of thiol groups is 1. The Hall–Kier alpha value is -10.9. The number of carbonyl (C=O) groups excluding carboxylic acids is 6. The number of oxime groups is 1. The summed E-state index contributed by atoms with van der Waals surface area (Å²) in [7, 11) is 0. The smallest absolute Gasteiger partial charge is 0.210 e. The molecule has 0 saturated carbocycles. The summed E-state index contributed by atoms with van der Waals surface area (Å²) in [5.41, 5.74) is 15.1. The molecular weight excluding hydrogens is 1730 g/mol. The highest BCUT2D eigenvalue weighted by Gasteiger charge is 2.24. The number of aryl methyl sites for hydroxylation is 6. The largest absolute Gasteiger partial charge is 0.411 e. The fraction of sp³-hybridized carbons (Fsp3) is 0.248. The third-order valence-corrected chi connectivity index (χ3v) is 25.3. The third kappa shape index (κ3) is 25.3. The molecule has 0 amide bonds. The Bertz CT molecular complexity index is 6410. The van der Waals surface area contributed by atoms with Crippen molar-refractivity contribution in [1.82, 2.24) is 13.7 Å². The molecule has 1 saturated heterocycles. The van der Waals surface area contributed by atoms with Crippen LogP contribution in [0.2, 0.25) is 15.1 Å². The molecule has 16 rings (SSSR count). The number of thioether (sulfide) groups is 2. The van der Waals surface area contributed by atoms with E-state index in [1.165, 1.54) is 12.8 Å². The maximum Gasteiger partial charge on any atom is 0.210 e. The highest BCUT2D eigenvalue weighted by atomic mass is 35.5. The van der Waals surface area contributed by atoms with Gasteiger partial charge in [-0.1, -0.05) is 127 Å². The van der Waals surface area contributed by atoms with Crippen molar-refractivity contribution in [3.63, 3.8) is 0 Å². The summed E-state index contributed by atoms with van der Waals surface area (Å²) in [5, 5.41) is 23.2. The first-order valence-electron chi connectivity index (χ1n) is 42.6. The van der Waals surface area contributed by atoms with Crippen molar-refractivity contribution in [2.24, 2.45) is 16.4 Å². The maximum absolute atomic E-state index is 13.3. The highest BCUT2D eigenvalue weighted by molar-refractivity contribution is 7.99. The average molecular weight is 1830 g/mol. The van der Waals surface area contributed by atoms with Gasteiger partial charge >= 0.3 is 0 Å². The van der Waals surface area contributed by atoms with E-state index in [0.29, 0.717) is 99.4 Å². The molecular formula is C105H103Cl4N5O10S3. The summed E-state index contributed by atoms with van der Waals surface area (Å²) in [5.74, 6) is 2.43. The summed E-state index contributed by atoms with van der Waals surface area (Å²) in [6.45, 7) is 21.1. The number of aromatic nitrogens is 3. The van der Waals surface area contributed by atoms with E-state index in [9.17, 15) is 38.9 Å². The Labute approximate surface area is 775 Å². The van der Waals surface area contributed by atoms with Gasteiger partial charge in [-0.15, -0.1) is 52.7 Å². The van der Waals surface area contributed by atoms with Gasteiger partial charge in [0.1, 0.15) is 12.3 Å². The molecule has 654 valence electrons. The second-order valence-corrected chi connectivity index (χ2v) is 35.5. The van der Waals surface area contributed by atoms with Crippen molar-refractivity contribution in [2.75, 3.05) is 37.2 Å². The van der Waals surface area contributed by atoms with Crippen LogP contribution in [0.1, 0.15) is 182 Å². The number of nitrogens with zero attached hydrogens (tertiary/aromatic N) is 5. The molecule has 1 aliphatic rings. The van der Waals surface area contributed by atoms with E-state index in [1.807, 2.05) is 269 Å². The number of rotatable bonds is 29. The number of halogens is 4. The van der Waals surface area contributed by atoms with E-state index in [1.54, 1.807) is 29.6 Å².